The molecule has 0 bridgehead atoms. The standard InChI is InChI=1S/C13H20N2O3/c1-3-18-9-5-7-14-12(16)10-15-8-4-6-11(2)13(15)17/h4,6,8H,3,5,7,9-10H2,1-2H3,(H,14,16). The van der Waals surface area contributed by atoms with Gasteiger partial charge in [0.05, 0.1) is 0 Å². The Kier molecular flexibility index (Phi) is 6.14. The van der Waals surface area contributed by atoms with Gasteiger partial charge in [0, 0.05) is 31.5 Å². The molecule has 0 aliphatic rings. The van der Waals surface area contributed by atoms with Crippen LogP contribution in [-0.2, 0) is 16.1 Å². The third kappa shape index (κ3) is 4.71. The van der Waals surface area contributed by atoms with Crippen LogP contribution in [0.15, 0.2) is 23.1 Å². The number of rotatable bonds is 7. The normalized spacial score (nSPS) is 10.3. The number of aromatic nitrogens is 1. The summed E-state index contributed by atoms with van der Waals surface area (Å²) in [6.07, 6.45) is 2.40. The van der Waals surface area contributed by atoms with Crippen LogP contribution in [0.1, 0.15) is 18.9 Å². The summed E-state index contributed by atoms with van der Waals surface area (Å²) >= 11 is 0. The lowest BCUT2D eigenvalue weighted by molar-refractivity contribution is -0.121. The summed E-state index contributed by atoms with van der Waals surface area (Å²) in [7, 11) is 0. The van der Waals surface area contributed by atoms with Crippen LogP contribution in [-0.4, -0.2) is 30.2 Å². The van der Waals surface area contributed by atoms with Gasteiger partial charge in [0.25, 0.3) is 5.56 Å². The summed E-state index contributed by atoms with van der Waals surface area (Å²) in [5, 5.41) is 2.76. The number of amides is 1. The summed E-state index contributed by atoms with van der Waals surface area (Å²) in [5.74, 6) is -0.154. The van der Waals surface area contributed by atoms with Gasteiger partial charge in [0.1, 0.15) is 6.54 Å². The summed E-state index contributed by atoms with van der Waals surface area (Å²) in [4.78, 5) is 23.3. The van der Waals surface area contributed by atoms with Crippen molar-refractivity contribution in [3.63, 3.8) is 0 Å². The van der Waals surface area contributed by atoms with Crippen molar-refractivity contribution in [2.24, 2.45) is 0 Å². The molecule has 0 fully saturated rings. The van der Waals surface area contributed by atoms with Gasteiger partial charge in [-0.1, -0.05) is 6.07 Å². The van der Waals surface area contributed by atoms with Gasteiger partial charge in [-0.2, -0.15) is 0 Å². The van der Waals surface area contributed by atoms with Crippen molar-refractivity contribution in [1.82, 2.24) is 9.88 Å². The minimum absolute atomic E-state index is 0.0646. The van der Waals surface area contributed by atoms with Gasteiger partial charge in [0.15, 0.2) is 0 Å². The number of hydrogen-bond donors (Lipinski definition) is 1. The first-order valence-electron chi connectivity index (χ1n) is 6.15. The Bertz CT molecular complexity index is 440. The topological polar surface area (TPSA) is 60.3 Å². The molecule has 1 aromatic heterocycles. The number of ether oxygens (including phenoxy) is 1. The molecule has 18 heavy (non-hydrogen) atoms. The molecule has 0 aliphatic heterocycles. The smallest absolute Gasteiger partial charge is 0.253 e. The minimum Gasteiger partial charge on any atom is -0.382 e. The van der Waals surface area contributed by atoms with Crippen molar-refractivity contribution in [2.45, 2.75) is 26.8 Å². The first-order chi connectivity index (χ1) is 8.65. The Morgan fingerprint density at radius 1 is 1.50 bits per heavy atom. The van der Waals surface area contributed by atoms with Gasteiger partial charge < -0.3 is 14.6 Å². The minimum atomic E-state index is -0.154. The second-order valence-corrected chi connectivity index (χ2v) is 4.02. The SMILES string of the molecule is CCOCCCNC(=O)Cn1cccc(C)c1=O. The quantitative estimate of drug-likeness (QED) is 0.727. The molecular weight excluding hydrogens is 232 g/mol. The van der Waals surface area contributed by atoms with E-state index >= 15 is 0 Å². The van der Waals surface area contributed by atoms with E-state index < -0.39 is 0 Å². The van der Waals surface area contributed by atoms with Gasteiger partial charge in [0.2, 0.25) is 5.91 Å². The van der Waals surface area contributed by atoms with E-state index in [2.05, 4.69) is 5.32 Å². The highest BCUT2D eigenvalue weighted by atomic mass is 16.5. The van der Waals surface area contributed by atoms with E-state index in [-0.39, 0.29) is 18.0 Å². The van der Waals surface area contributed by atoms with E-state index in [1.54, 1.807) is 25.3 Å². The Morgan fingerprint density at radius 3 is 3.00 bits per heavy atom. The molecule has 0 aliphatic carbocycles. The number of aryl methyl sites for hydroxylation is 1. The van der Waals surface area contributed by atoms with Gasteiger partial charge in [-0.25, -0.2) is 0 Å². The summed E-state index contributed by atoms with van der Waals surface area (Å²) in [6.45, 7) is 5.63. The number of carbonyl (C=O) groups excluding carboxylic acids is 1. The van der Waals surface area contributed by atoms with Crippen molar-refractivity contribution in [3.8, 4) is 0 Å². The van der Waals surface area contributed by atoms with Crippen LogP contribution in [0.5, 0.6) is 0 Å². The maximum absolute atomic E-state index is 11.7. The lowest BCUT2D eigenvalue weighted by Gasteiger charge is -2.07. The number of nitrogens with zero attached hydrogens (tertiary/aromatic N) is 1. The molecule has 5 heteroatoms. The van der Waals surface area contributed by atoms with Crippen LogP contribution in [0, 0.1) is 6.92 Å². The lowest BCUT2D eigenvalue weighted by Crippen LogP contribution is -2.33. The zero-order valence-corrected chi connectivity index (χ0v) is 10.9. The van der Waals surface area contributed by atoms with Crippen LogP contribution in [0.25, 0.3) is 0 Å². The average molecular weight is 252 g/mol. The van der Waals surface area contributed by atoms with E-state index in [0.717, 1.165) is 6.42 Å². The molecule has 1 heterocycles. The Labute approximate surface area is 107 Å². The first-order valence-corrected chi connectivity index (χ1v) is 6.15. The molecular formula is C13H20N2O3. The van der Waals surface area contributed by atoms with Crippen LogP contribution >= 0.6 is 0 Å². The third-order valence-corrected chi connectivity index (χ3v) is 2.52. The number of carbonyl (C=O) groups is 1. The number of pyridine rings is 1. The second-order valence-electron chi connectivity index (χ2n) is 4.02. The summed E-state index contributed by atoms with van der Waals surface area (Å²) in [5.41, 5.74) is 0.517. The van der Waals surface area contributed by atoms with Crippen LogP contribution in [0.2, 0.25) is 0 Å². The number of nitrogens with one attached hydrogen (secondary N) is 1. The van der Waals surface area contributed by atoms with Gasteiger partial charge in [-0.15, -0.1) is 0 Å². The van der Waals surface area contributed by atoms with Crippen LogP contribution < -0.4 is 10.9 Å². The summed E-state index contributed by atoms with van der Waals surface area (Å²) in [6, 6.07) is 3.50. The predicted molar refractivity (Wildman–Crippen MR) is 69.6 cm³/mol. The number of hydrogen-bond acceptors (Lipinski definition) is 3. The molecule has 100 valence electrons. The van der Waals surface area contributed by atoms with E-state index in [9.17, 15) is 9.59 Å². The van der Waals surface area contributed by atoms with Crippen LogP contribution in [0.4, 0.5) is 0 Å². The molecule has 1 amide bonds. The molecule has 0 saturated carbocycles. The zero-order valence-electron chi connectivity index (χ0n) is 10.9. The molecule has 1 aromatic rings. The van der Waals surface area contributed by atoms with Crippen molar-refractivity contribution in [3.05, 3.63) is 34.2 Å². The molecule has 1 rings (SSSR count). The van der Waals surface area contributed by atoms with Crippen molar-refractivity contribution < 1.29 is 9.53 Å². The maximum atomic E-state index is 11.7. The Balaban J connectivity index is 2.36. The van der Waals surface area contributed by atoms with E-state index in [0.29, 0.717) is 25.3 Å². The third-order valence-electron chi connectivity index (χ3n) is 2.52. The molecule has 0 aromatic carbocycles. The first kappa shape index (κ1) is 14.4. The highest BCUT2D eigenvalue weighted by molar-refractivity contribution is 5.75. The Hall–Kier alpha value is -1.62. The van der Waals surface area contributed by atoms with Crippen LogP contribution in [0.3, 0.4) is 0 Å². The fraction of sp³-hybridized carbons (Fsp3) is 0.538. The van der Waals surface area contributed by atoms with Crippen molar-refractivity contribution in [2.75, 3.05) is 19.8 Å². The largest absolute Gasteiger partial charge is 0.382 e. The molecule has 0 saturated heterocycles. The molecule has 0 spiro atoms. The van der Waals surface area contributed by atoms with E-state index in [1.807, 2.05) is 6.92 Å². The monoisotopic (exact) mass is 252 g/mol. The molecule has 0 atom stereocenters. The van der Waals surface area contributed by atoms with Gasteiger partial charge in [-0.05, 0) is 26.3 Å². The molecule has 5 nitrogen and oxygen atoms in total. The molecule has 1 N–H and O–H groups in total. The summed E-state index contributed by atoms with van der Waals surface area (Å²) < 4.78 is 6.57. The zero-order chi connectivity index (χ0) is 13.4. The average Bonchev–Trinajstić information content (AvgIpc) is 2.35. The Morgan fingerprint density at radius 2 is 2.28 bits per heavy atom. The van der Waals surface area contributed by atoms with Gasteiger partial charge in [-0.3, -0.25) is 9.59 Å². The highest BCUT2D eigenvalue weighted by Crippen LogP contribution is 1.89. The highest BCUT2D eigenvalue weighted by Gasteiger charge is 2.04. The van der Waals surface area contributed by atoms with Crippen molar-refractivity contribution in [1.29, 1.82) is 0 Å². The van der Waals surface area contributed by atoms with E-state index in [1.165, 1.54) is 4.57 Å². The van der Waals surface area contributed by atoms with E-state index in [4.69, 9.17) is 4.74 Å². The van der Waals surface area contributed by atoms with Crippen molar-refractivity contribution >= 4 is 5.91 Å². The second kappa shape index (κ2) is 7.66. The fourth-order valence-corrected chi connectivity index (χ4v) is 1.54. The lowest BCUT2D eigenvalue weighted by atomic mass is 10.3. The predicted octanol–water partition coefficient (Wildman–Crippen LogP) is 0.700. The van der Waals surface area contributed by atoms with Gasteiger partial charge >= 0.3 is 0 Å². The molecule has 0 radical (unpaired) electrons. The maximum Gasteiger partial charge on any atom is 0.253 e. The fourth-order valence-electron chi connectivity index (χ4n) is 1.54. The molecule has 0 unspecified atom stereocenters.